The summed E-state index contributed by atoms with van der Waals surface area (Å²) in [5.41, 5.74) is 0.466. The highest BCUT2D eigenvalue weighted by atomic mass is 16.4. The monoisotopic (exact) mass is 392 g/mol. The summed E-state index contributed by atoms with van der Waals surface area (Å²) >= 11 is 0. The molecule has 4 unspecified atom stereocenters. The van der Waals surface area contributed by atoms with E-state index in [2.05, 4.69) is 20.8 Å². The molecule has 0 aliphatic heterocycles. The third-order valence-corrected chi connectivity index (χ3v) is 10.1. The Bertz CT molecular complexity index is 605. The van der Waals surface area contributed by atoms with Crippen molar-refractivity contribution in [2.24, 2.45) is 46.3 Å². The first-order valence-electron chi connectivity index (χ1n) is 11.7. The Morgan fingerprint density at radius 3 is 2.29 bits per heavy atom. The average molecular weight is 393 g/mol. The van der Waals surface area contributed by atoms with E-state index in [1.54, 1.807) is 0 Å². The van der Waals surface area contributed by atoms with Gasteiger partial charge in [-0.05, 0) is 104 Å². The highest BCUT2D eigenvalue weighted by Crippen LogP contribution is 2.67. The predicted molar refractivity (Wildman–Crippen MR) is 109 cm³/mol. The predicted octanol–water partition coefficient (Wildman–Crippen LogP) is 4.48. The molecule has 4 heteroatoms. The molecule has 0 aromatic rings. The molecule has 160 valence electrons. The van der Waals surface area contributed by atoms with Gasteiger partial charge in [0.05, 0.1) is 12.2 Å². The van der Waals surface area contributed by atoms with E-state index in [9.17, 15) is 20.1 Å². The molecule has 0 spiro atoms. The van der Waals surface area contributed by atoms with Crippen LogP contribution >= 0.6 is 0 Å². The minimum atomic E-state index is -0.672. The molecule has 10 atom stereocenters. The number of aliphatic hydroxyl groups is 2. The molecule has 0 aromatic carbocycles. The van der Waals surface area contributed by atoms with Gasteiger partial charge in [-0.3, -0.25) is 4.79 Å². The number of hydrogen-bond acceptors (Lipinski definition) is 3. The molecule has 0 bridgehead atoms. The molecule has 28 heavy (non-hydrogen) atoms. The Morgan fingerprint density at radius 2 is 1.57 bits per heavy atom. The third kappa shape index (κ3) is 3.23. The van der Waals surface area contributed by atoms with E-state index in [-0.39, 0.29) is 35.4 Å². The van der Waals surface area contributed by atoms with Gasteiger partial charge in [0.2, 0.25) is 0 Å². The first kappa shape index (κ1) is 20.7. The molecule has 4 rings (SSSR count). The van der Waals surface area contributed by atoms with Crippen LogP contribution in [0.5, 0.6) is 0 Å². The summed E-state index contributed by atoms with van der Waals surface area (Å²) in [7, 11) is 0. The molecule has 4 aliphatic carbocycles. The Kier molecular flexibility index (Phi) is 5.36. The number of carbonyl (C=O) groups is 1. The first-order valence-corrected chi connectivity index (χ1v) is 11.7. The van der Waals surface area contributed by atoms with Gasteiger partial charge in [0.25, 0.3) is 0 Å². The molecule has 4 saturated carbocycles. The van der Waals surface area contributed by atoms with Gasteiger partial charge >= 0.3 is 5.97 Å². The number of aliphatic hydroxyl groups excluding tert-OH is 2. The van der Waals surface area contributed by atoms with Crippen LogP contribution in [0.4, 0.5) is 0 Å². The van der Waals surface area contributed by atoms with Gasteiger partial charge in [-0.25, -0.2) is 0 Å². The summed E-state index contributed by atoms with van der Waals surface area (Å²) in [4.78, 5) is 11.3. The highest BCUT2D eigenvalue weighted by molar-refractivity contribution is 5.67. The van der Waals surface area contributed by atoms with E-state index in [1.165, 1.54) is 19.3 Å². The molecule has 0 saturated heterocycles. The summed E-state index contributed by atoms with van der Waals surface area (Å²) in [5.74, 6) is 2.31. The van der Waals surface area contributed by atoms with Crippen LogP contribution in [-0.4, -0.2) is 33.5 Å². The average Bonchev–Trinajstić information content (AvgIpc) is 2.90. The van der Waals surface area contributed by atoms with Gasteiger partial charge in [0.15, 0.2) is 0 Å². The van der Waals surface area contributed by atoms with Crippen molar-refractivity contribution in [3.63, 3.8) is 0 Å². The zero-order valence-corrected chi connectivity index (χ0v) is 17.9. The summed E-state index contributed by atoms with van der Waals surface area (Å²) in [6, 6.07) is 0. The van der Waals surface area contributed by atoms with Crippen LogP contribution in [0.3, 0.4) is 0 Å². The SMILES string of the molecule is CC(CC(=O)O)[C@H]1CCC2[C@H]3C[C@@H](O)C[C@@H]4CC(O)CC[C@]4(C)C3CC[C@@]21C. The fourth-order valence-corrected chi connectivity index (χ4v) is 8.82. The van der Waals surface area contributed by atoms with Gasteiger partial charge in [0.1, 0.15) is 0 Å². The smallest absolute Gasteiger partial charge is 0.303 e. The van der Waals surface area contributed by atoms with Crippen molar-refractivity contribution >= 4 is 5.97 Å². The van der Waals surface area contributed by atoms with Crippen LogP contribution in [0, 0.1) is 46.3 Å². The molecule has 0 amide bonds. The van der Waals surface area contributed by atoms with E-state index in [0.29, 0.717) is 29.6 Å². The quantitative estimate of drug-likeness (QED) is 0.662. The molecular formula is C24H40O4. The Morgan fingerprint density at radius 1 is 0.929 bits per heavy atom. The first-order chi connectivity index (χ1) is 13.1. The molecule has 0 heterocycles. The Hall–Kier alpha value is -0.610. The normalized spacial score (nSPS) is 52.1. The summed E-state index contributed by atoms with van der Waals surface area (Å²) in [5, 5.41) is 30.5. The molecule has 0 radical (unpaired) electrons. The Labute approximate surface area is 170 Å². The van der Waals surface area contributed by atoms with Crippen LogP contribution in [-0.2, 0) is 4.79 Å². The van der Waals surface area contributed by atoms with Gasteiger partial charge < -0.3 is 15.3 Å². The number of rotatable bonds is 3. The van der Waals surface area contributed by atoms with Gasteiger partial charge in [0, 0.05) is 6.42 Å². The zero-order chi connectivity index (χ0) is 20.3. The summed E-state index contributed by atoms with van der Waals surface area (Å²) in [6.45, 7) is 7.04. The van der Waals surface area contributed by atoms with Gasteiger partial charge in [-0.2, -0.15) is 0 Å². The van der Waals surface area contributed by atoms with E-state index in [0.717, 1.165) is 38.5 Å². The lowest BCUT2D eigenvalue weighted by molar-refractivity contribution is -0.139. The van der Waals surface area contributed by atoms with Crippen molar-refractivity contribution in [2.75, 3.05) is 0 Å². The fraction of sp³-hybridized carbons (Fsp3) is 0.958. The summed E-state index contributed by atoms with van der Waals surface area (Å²) < 4.78 is 0. The van der Waals surface area contributed by atoms with Gasteiger partial charge in [-0.1, -0.05) is 20.8 Å². The third-order valence-electron chi connectivity index (χ3n) is 10.1. The van der Waals surface area contributed by atoms with E-state index >= 15 is 0 Å². The standard InChI is InChI=1S/C24H40O4/c1-14(10-22(27)28)19-4-5-20-18-13-17(26)12-15-11-16(25)6-8-23(15,2)21(18)7-9-24(19,20)3/h14-21,25-26H,4-13H2,1-3H3,(H,27,28)/t14?,15-,16?,17-,18+,19+,20?,21?,23-,24+/m0/s1. The second-order valence-corrected chi connectivity index (χ2v) is 11.4. The van der Waals surface area contributed by atoms with Crippen LogP contribution in [0.25, 0.3) is 0 Å². The van der Waals surface area contributed by atoms with Crippen LogP contribution in [0.15, 0.2) is 0 Å². The van der Waals surface area contributed by atoms with Crippen LogP contribution in [0.1, 0.15) is 85.0 Å². The minimum Gasteiger partial charge on any atom is -0.481 e. The maximum Gasteiger partial charge on any atom is 0.303 e. The van der Waals surface area contributed by atoms with Crippen molar-refractivity contribution in [3.05, 3.63) is 0 Å². The Balaban J connectivity index is 1.61. The van der Waals surface area contributed by atoms with Crippen molar-refractivity contribution < 1.29 is 20.1 Å². The van der Waals surface area contributed by atoms with E-state index in [4.69, 9.17) is 0 Å². The largest absolute Gasteiger partial charge is 0.481 e. The van der Waals surface area contributed by atoms with Crippen molar-refractivity contribution in [1.29, 1.82) is 0 Å². The fourth-order valence-electron chi connectivity index (χ4n) is 8.82. The molecule has 4 aliphatic rings. The van der Waals surface area contributed by atoms with E-state index < -0.39 is 5.97 Å². The molecule has 4 fully saturated rings. The second-order valence-electron chi connectivity index (χ2n) is 11.4. The second kappa shape index (κ2) is 7.27. The van der Waals surface area contributed by atoms with Crippen molar-refractivity contribution in [3.8, 4) is 0 Å². The summed E-state index contributed by atoms with van der Waals surface area (Å²) in [6.07, 6.45) is 9.22. The lowest BCUT2D eigenvalue weighted by Crippen LogP contribution is -2.50. The minimum absolute atomic E-state index is 0.191. The molecule has 0 aromatic heterocycles. The van der Waals surface area contributed by atoms with Crippen LogP contribution < -0.4 is 0 Å². The topological polar surface area (TPSA) is 77.8 Å². The molecule has 3 N–H and O–H groups in total. The van der Waals surface area contributed by atoms with Gasteiger partial charge in [-0.15, -0.1) is 0 Å². The number of aliphatic carboxylic acids is 1. The maximum atomic E-state index is 11.3. The van der Waals surface area contributed by atoms with Crippen molar-refractivity contribution in [1.82, 2.24) is 0 Å². The van der Waals surface area contributed by atoms with Crippen molar-refractivity contribution in [2.45, 2.75) is 97.2 Å². The highest BCUT2D eigenvalue weighted by Gasteiger charge is 2.60. The number of hydrogen-bond donors (Lipinski definition) is 3. The lowest BCUT2D eigenvalue weighted by Gasteiger charge is -2.56. The maximum absolute atomic E-state index is 11.3. The lowest BCUT2D eigenvalue weighted by atomic mass is 9.49. The van der Waals surface area contributed by atoms with Crippen LogP contribution in [0.2, 0.25) is 0 Å². The number of carboxylic acid groups (broad SMARTS) is 1. The molecular weight excluding hydrogens is 352 g/mol. The number of carboxylic acids is 1. The molecule has 4 nitrogen and oxygen atoms in total. The van der Waals surface area contributed by atoms with E-state index in [1.807, 2.05) is 0 Å². The number of fused-ring (bicyclic) bond motifs is 5. The zero-order valence-electron chi connectivity index (χ0n) is 17.9.